The molecule has 0 aliphatic carbocycles. The summed E-state index contributed by atoms with van der Waals surface area (Å²) < 4.78 is 5.45. The predicted molar refractivity (Wildman–Crippen MR) is 67.9 cm³/mol. The molecule has 0 atom stereocenters. The molecule has 0 amide bonds. The second kappa shape index (κ2) is 5.20. The van der Waals surface area contributed by atoms with Gasteiger partial charge in [0.25, 0.3) is 0 Å². The SMILES string of the molecule is CC(C)Oc1cc(N(C)C(C)(C)C(=O)O)ncn1. The molecule has 100 valence electrons. The molecular formula is C12H19N3O3. The molecule has 0 bridgehead atoms. The monoisotopic (exact) mass is 253 g/mol. The molecule has 0 radical (unpaired) electrons. The largest absolute Gasteiger partial charge is 0.480 e. The van der Waals surface area contributed by atoms with Gasteiger partial charge >= 0.3 is 5.97 Å². The lowest BCUT2D eigenvalue weighted by Crippen LogP contribution is -2.48. The fraction of sp³-hybridized carbons (Fsp3) is 0.583. The summed E-state index contributed by atoms with van der Waals surface area (Å²) in [6, 6.07) is 1.63. The van der Waals surface area contributed by atoms with Crippen LogP contribution in [0.1, 0.15) is 27.7 Å². The van der Waals surface area contributed by atoms with E-state index < -0.39 is 11.5 Å². The molecule has 1 aromatic heterocycles. The van der Waals surface area contributed by atoms with E-state index in [0.29, 0.717) is 11.7 Å². The zero-order valence-corrected chi connectivity index (χ0v) is 11.3. The van der Waals surface area contributed by atoms with Crippen molar-refractivity contribution in [1.29, 1.82) is 0 Å². The average molecular weight is 253 g/mol. The minimum Gasteiger partial charge on any atom is -0.480 e. The maximum Gasteiger partial charge on any atom is 0.328 e. The number of carboxylic acid groups (broad SMARTS) is 1. The molecule has 18 heavy (non-hydrogen) atoms. The van der Waals surface area contributed by atoms with Crippen molar-refractivity contribution in [3.63, 3.8) is 0 Å². The molecule has 1 aromatic rings. The maximum absolute atomic E-state index is 11.2. The topological polar surface area (TPSA) is 75.5 Å². The molecule has 6 nitrogen and oxygen atoms in total. The van der Waals surface area contributed by atoms with Crippen LogP contribution in [0.15, 0.2) is 12.4 Å². The third-order valence-electron chi connectivity index (χ3n) is 2.69. The van der Waals surface area contributed by atoms with Crippen LogP contribution in [0, 0.1) is 0 Å². The highest BCUT2D eigenvalue weighted by Gasteiger charge is 2.33. The van der Waals surface area contributed by atoms with Crippen LogP contribution >= 0.6 is 0 Å². The first-order valence-corrected chi connectivity index (χ1v) is 5.71. The first-order valence-electron chi connectivity index (χ1n) is 5.71. The van der Waals surface area contributed by atoms with Gasteiger partial charge in [0.15, 0.2) is 0 Å². The number of carbonyl (C=O) groups is 1. The van der Waals surface area contributed by atoms with E-state index in [-0.39, 0.29) is 6.10 Å². The smallest absolute Gasteiger partial charge is 0.328 e. The van der Waals surface area contributed by atoms with Gasteiger partial charge < -0.3 is 14.7 Å². The van der Waals surface area contributed by atoms with Crippen LogP contribution in [0.5, 0.6) is 5.88 Å². The van der Waals surface area contributed by atoms with Crippen LogP contribution in [0.3, 0.4) is 0 Å². The van der Waals surface area contributed by atoms with Crippen molar-refractivity contribution in [1.82, 2.24) is 9.97 Å². The molecule has 0 saturated heterocycles. The Hall–Kier alpha value is -1.85. The number of rotatable bonds is 5. The van der Waals surface area contributed by atoms with Gasteiger partial charge in [-0.1, -0.05) is 0 Å². The Labute approximate surface area is 107 Å². The van der Waals surface area contributed by atoms with E-state index in [9.17, 15) is 9.90 Å². The normalized spacial score (nSPS) is 11.4. The van der Waals surface area contributed by atoms with Crippen molar-refractivity contribution in [2.45, 2.75) is 39.3 Å². The Balaban J connectivity index is 2.99. The van der Waals surface area contributed by atoms with E-state index in [2.05, 4.69) is 9.97 Å². The minimum absolute atomic E-state index is 0.00513. The number of anilines is 1. The van der Waals surface area contributed by atoms with Crippen molar-refractivity contribution in [2.75, 3.05) is 11.9 Å². The van der Waals surface area contributed by atoms with Crippen molar-refractivity contribution >= 4 is 11.8 Å². The third-order valence-corrected chi connectivity index (χ3v) is 2.69. The number of likely N-dealkylation sites (N-methyl/N-ethyl adjacent to an activating group) is 1. The van der Waals surface area contributed by atoms with Crippen molar-refractivity contribution < 1.29 is 14.6 Å². The molecule has 0 aliphatic rings. The average Bonchev–Trinajstić information content (AvgIpc) is 2.27. The highest BCUT2D eigenvalue weighted by molar-refractivity contribution is 5.81. The Kier molecular flexibility index (Phi) is 4.11. The lowest BCUT2D eigenvalue weighted by molar-refractivity contribution is -0.142. The molecule has 0 aliphatic heterocycles. The van der Waals surface area contributed by atoms with Crippen LogP contribution in [0.2, 0.25) is 0 Å². The summed E-state index contributed by atoms with van der Waals surface area (Å²) in [6.45, 7) is 7.01. The van der Waals surface area contributed by atoms with Crippen LogP contribution in [-0.4, -0.2) is 39.7 Å². The van der Waals surface area contributed by atoms with E-state index in [1.54, 1.807) is 31.9 Å². The molecule has 0 aromatic carbocycles. The van der Waals surface area contributed by atoms with E-state index in [1.165, 1.54) is 6.33 Å². The number of nitrogens with zero attached hydrogens (tertiary/aromatic N) is 3. The first kappa shape index (κ1) is 14.2. The maximum atomic E-state index is 11.2. The lowest BCUT2D eigenvalue weighted by atomic mass is 10.0. The van der Waals surface area contributed by atoms with Crippen molar-refractivity contribution in [3.05, 3.63) is 12.4 Å². The molecule has 0 unspecified atom stereocenters. The molecule has 0 saturated carbocycles. The van der Waals surface area contributed by atoms with Crippen LogP contribution in [-0.2, 0) is 4.79 Å². The van der Waals surface area contributed by atoms with Crippen molar-refractivity contribution in [3.8, 4) is 5.88 Å². The van der Waals surface area contributed by atoms with E-state index in [1.807, 2.05) is 13.8 Å². The molecule has 1 rings (SSSR count). The number of aromatic nitrogens is 2. The summed E-state index contributed by atoms with van der Waals surface area (Å²) in [4.78, 5) is 20.8. The van der Waals surface area contributed by atoms with Gasteiger partial charge in [0.2, 0.25) is 5.88 Å². The summed E-state index contributed by atoms with van der Waals surface area (Å²) in [7, 11) is 1.68. The summed E-state index contributed by atoms with van der Waals surface area (Å²) in [5.74, 6) is 0.0195. The lowest BCUT2D eigenvalue weighted by Gasteiger charge is -2.32. The number of hydrogen-bond acceptors (Lipinski definition) is 5. The van der Waals surface area contributed by atoms with Gasteiger partial charge in [0.1, 0.15) is 17.7 Å². The highest BCUT2D eigenvalue weighted by atomic mass is 16.5. The Morgan fingerprint density at radius 3 is 2.56 bits per heavy atom. The fourth-order valence-electron chi connectivity index (χ4n) is 1.25. The number of carboxylic acids is 1. The Morgan fingerprint density at radius 2 is 2.06 bits per heavy atom. The number of hydrogen-bond donors (Lipinski definition) is 1. The van der Waals surface area contributed by atoms with E-state index >= 15 is 0 Å². The summed E-state index contributed by atoms with van der Waals surface area (Å²) in [6.07, 6.45) is 1.37. The molecule has 0 spiro atoms. The Bertz CT molecular complexity index is 432. The summed E-state index contributed by atoms with van der Waals surface area (Å²) >= 11 is 0. The zero-order chi connectivity index (χ0) is 13.9. The van der Waals surface area contributed by atoms with Gasteiger partial charge in [-0.3, -0.25) is 0 Å². The third kappa shape index (κ3) is 3.09. The predicted octanol–water partition coefficient (Wildman–Crippen LogP) is 1.56. The summed E-state index contributed by atoms with van der Waals surface area (Å²) in [5, 5.41) is 9.17. The molecule has 1 heterocycles. The fourth-order valence-corrected chi connectivity index (χ4v) is 1.25. The van der Waals surface area contributed by atoms with Crippen LogP contribution < -0.4 is 9.64 Å². The minimum atomic E-state index is -1.05. The molecular weight excluding hydrogens is 234 g/mol. The zero-order valence-electron chi connectivity index (χ0n) is 11.3. The second-order valence-electron chi connectivity index (χ2n) is 4.80. The van der Waals surface area contributed by atoms with Gasteiger partial charge in [0, 0.05) is 13.1 Å². The van der Waals surface area contributed by atoms with E-state index in [0.717, 1.165) is 0 Å². The van der Waals surface area contributed by atoms with E-state index in [4.69, 9.17) is 4.74 Å². The highest BCUT2D eigenvalue weighted by Crippen LogP contribution is 2.22. The first-order chi connectivity index (χ1) is 8.25. The van der Waals surface area contributed by atoms with Crippen LogP contribution in [0.4, 0.5) is 5.82 Å². The standard InChI is InChI=1S/C12H19N3O3/c1-8(2)18-10-6-9(13-7-14-10)15(5)12(3,4)11(16)17/h6-8H,1-5H3,(H,16,17). The van der Waals surface area contributed by atoms with Crippen LogP contribution in [0.25, 0.3) is 0 Å². The van der Waals surface area contributed by atoms with Gasteiger partial charge in [-0.15, -0.1) is 0 Å². The second-order valence-corrected chi connectivity index (χ2v) is 4.80. The quantitative estimate of drug-likeness (QED) is 0.858. The van der Waals surface area contributed by atoms with Gasteiger partial charge in [-0.25, -0.2) is 14.8 Å². The summed E-state index contributed by atoms with van der Waals surface area (Å²) in [5.41, 5.74) is -1.05. The Morgan fingerprint density at radius 1 is 1.44 bits per heavy atom. The van der Waals surface area contributed by atoms with Crippen molar-refractivity contribution in [2.24, 2.45) is 0 Å². The van der Waals surface area contributed by atoms with Gasteiger partial charge in [-0.2, -0.15) is 0 Å². The van der Waals surface area contributed by atoms with Gasteiger partial charge in [-0.05, 0) is 27.7 Å². The molecule has 6 heteroatoms. The molecule has 0 fully saturated rings. The molecule has 1 N–H and O–H groups in total. The van der Waals surface area contributed by atoms with Gasteiger partial charge in [0.05, 0.1) is 6.10 Å². The number of aliphatic carboxylic acids is 1. The number of ether oxygens (including phenoxy) is 1.